The van der Waals surface area contributed by atoms with Gasteiger partial charge >= 0.3 is 195 Å². The quantitative estimate of drug-likeness (QED) is 0.328. The molecule has 3 N–H and O–H groups in total. The molecule has 1 aromatic heterocycles. The Kier molecular flexibility index (Phi) is 6.62. The minimum absolute atomic E-state index is 0.0208. The van der Waals surface area contributed by atoms with Crippen molar-refractivity contribution in [2.24, 2.45) is 0 Å². The van der Waals surface area contributed by atoms with E-state index in [1.807, 2.05) is 43.3 Å². The van der Waals surface area contributed by atoms with Crippen LogP contribution in [0.5, 0.6) is 0 Å². The maximum atomic E-state index is 13.0. The number of hydrogen-bond acceptors (Lipinski definition) is 4. The summed E-state index contributed by atoms with van der Waals surface area (Å²) in [5.41, 5.74) is 3.79. The van der Waals surface area contributed by atoms with E-state index in [-0.39, 0.29) is 28.0 Å². The number of rotatable bonds is 7. The third-order valence-corrected chi connectivity index (χ3v) is 7.81. The van der Waals surface area contributed by atoms with E-state index in [2.05, 4.69) is 10.3 Å². The van der Waals surface area contributed by atoms with Crippen molar-refractivity contribution in [2.45, 2.75) is 13.3 Å². The first-order chi connectivity index (χ1) is 16.3. The number of carboxylic acids is 1. The van der Waals surface area contributed by atoms with Crippen molar-refractivity contribution in [3.8, 4) is 6.07 Å². The molecule has 1 heterocycles. The van der Waals surface area contributed by atoms with Gasteiger partial charge in [0.2, 0.25) is 0 Å². The van der Waals surface area contributed by atoms with Crippen molar-refractivity contribution in [1.29, 1.82) is 5.26 Å². The van der Waals surface area contributed by atoms with Crippen molar-refractivity contribution >= 4 is 53.1 Å². The van der Waals surface area contributed by atoms with Crippen LogP contribution in [0.4, 0.5) is 5.69 Å². The average Bonchev–Trinajstić information content (AvgIpc) is 3.26. The number of aromatic nitrogens is 1. The topological polar surface area (TPSA) is 123 Å². The normalized spacial score (nSPS) is 10.9. The molecule has 168 valence electrons. The number of nitrogens with one attached hydrogen (secondary N) is 2. The van der Waals surface area contributed by atoms with Crippen molar-refractivity contribution in [2.75, 3.05) is 5.32 Å². The SMILES string of the molecule is Cc1ccc(CC(=O)Nc2cccc3cc(C(=O)[AsH]c4ccc(C#N)cc4C(=O)O)[nH]c23)cc1. The van der Waals surface area contributed by atoms with E-state index in [1.165, 1.54) is 12.1 Å². The van der Waals surface area contributed by atoms with Gasteiger partial charge < -0.3 is 0 Å². The molecule has 4 rings (SSSR count). The van der Waals surface area contributed by atoms with Crippen molar-refractivity contribution in [3.63, 3.8) is 0 Å². The van der Waals surface area contributed by atoms with Crippen LogP contribution in [0.3, 0.4) is 0 Å². The Morgan fingerprint density at radius 2 is 1.82 bits per heavy atom. The van der Waals surface area contributed by atoms with Gasteiger partial charge in [0, 0.05) is 0 Å². The number of aryl methyl sites for hydroxylation is 1. The van der Waals surface area contributed by atoms with Crippen molar-refractivity contribution < 1.29 is 19.5 Å². The van der Waals surface area contributed by atoms with Crippen LogP contribution >= 0.6 is 0 Å². The third-order valence-electron chi connectivity index (χ3n) is 5.29. The molecule has 1 amide bonds. The van der Waals surface area contributed by atoms with E-state index in [1.54, 1.807) is 24.3 Å². The molecule has 0 saturated carbocycles. The van der Waals surface area contributed by atoms with Crippen LogP contribution in [0.1, 0.15) is 37.5 Å². The number of H-pyrrole nitrogens is 1. The molecule has 3 aromatic carbocycles. The number of hydrogen-bond donors (Lipinski definition) is 3. The Morgan fingerprint density at radius 1 is 1.06 bits per heavy atom. The van der Waals surface area contributed by atoms with Gasteiger partial charge in [-0.25, -0.2) is 0 Å². The number of carbonyl (C=O) groups excluding carboxylic acids is 2. The number of carboxylic acid groups (broad SMARTS) is 1. The van der Waals surface area contributed by atoms with Crippen LogP contribution in [0.2, 0.25) is 0 Å². The molecule has 34 heavy (non-hydrogen) atoms. The first kappa shape index (κ1) is 23.0. The van der Waals surface area contributed by atoms with Crippen LogP contribution in [-0.4, -0.2) is 42.3 Å². The summed E-state index contributed by atoms with van der Waals surface area (Å²) in [5, 5.41) is 22.2. The number of amides is 1. The third kappa shape index (κ3) is 5.09. The second-order valence-electron chi connectivity index (χ2n) is 7.79. The first-order valence-electron chi connectivity index (χ1n) is 10.4. The number of nitriles is 1. The van der Waals surface area contributed by atoms with E-state index in [0.717, 1.165) is 16.5 Å². The van der Waals surface area contributed by atoms with Crippen LogP contribution in [0.25, 0.3) is 10.9 Å². The zero-order valence-corrected chi connectivity index (χ0v) is 20.3. The fourth-order valence-corrected chi connectivity index (χ4v) is 5.64. The molecule has 4 aromatic rings. The molecule has 0 aliphatic rings. The Balaban J connectivity index is 1.55. The fraction of sp³-hybridized carbons (Fsp3) is 0.0769. The standard InChI is InChI=1S/C26H20AsN3O4/c1-15-5-7-16(8-6-15)12-23(31)29-21-4-2-3-18-13-22(30-24(18)21)25(32)27-20-10-9-17(14-28)11-19(20)26(33)34/h2-11,13,27,30H,12H2,1H3,(H,29,31)(H,33,34). The number of fused-ring (bicyclic) bond motifs is 1. The van der Waals surface area contributed by atoms with Gasteiger partial charge in [-0.1, -0.05) is 0 Å². The molecule has 0 radical (unpaired) electrons. The molecule has 0 bridgehead atoms. The summed E-state index contributed by atoms with van der Waals surface area (Å²) in [7, 11) is 0. The number of carbonyl (C=O) groups is 3. The molecule has 1 unspecified atom stereocenters. The van der Waals surface area contributed by atoms with Gasteiger partial charge in [0.1, 0.15) is 0 Å². The molecular weight excluding hydrogens is 493 g/mol. The number of aromatic amines is 1. The van der Waals surface area contributed by atoms with Gasteiger partial charge in [-0.3, -0.25) is 0 Å². The number of nitrogens with zero attached hydrogens (tertiary/aromatic N) is 1. The van der Waals surface area contributed by atoms with Crippen LogP contribution < -0.4 is 9.67 Å². The van der Waals surface area contributed by atoms with Gasteiger partial charge in [0.25, 0.3) is 0 Å². The zero-order valence-electron chi connectivity index (χ0n) is 18.2. The zero-order chi connectivity index (χ0) is 24.2. The molecule has 0 fully saturated rings. The predicted molar refractivity (Wildman–Crippen MR) is 131 cm³/mol. The number of benzene rings is 3. The Labute approximate surface area is 202 Å². The molecule has 0 spiro atoms. The van der Waals surface area contributed by atoms with Gasteiger partial charge in [-0.05, 0) is 6.92 Å². The summed E-state index contributed by atoms with van der Waals surface area (Å²) in [5.74, 6) is -1.34. The van der Waals surface area contributed by atoms with Crippen molar-refractivity contribution in [1.82, 2.24) is 4.98 Å². The minimum atomic E-state index is -1.50. The Hall–Kier alpha value is -4.14. The summed E-state index contributed by atoms with van der Waals surface area (Å²) in [6.45, 7) is 1.99. The molecular formula is C26H20AsN3O4. The van der Waals surface area contributed by atoms with Gasteiger partial charge in [-0.2, -0.15) is 0 Å². The summed E-state index contributed by atoms with van der Waals surface area (Å²) in [6.07, 6.45) is 0.228. The molecule has 0 saturated heterocycles. The summed E-state index contributed by atoms with van der Waals surface area (Å²) < 4.78 is 0.266. The monoisotopic (exact) mass is 513 g/mol. The van der Waals surface area contributed by atoms with Gasteiger partial charge in [0.15, 0.2) is 0 Å². The average molecular weight is 513 g/mol. The van der Waals surface area contributed by atoms with Crippen LogP contribution in [0.15, 0.2) is 66.7 Å². The second-order valence-corrected chi connectivity index (χ2v) is 10.4. The number of para-hydroxylation sites is 1. The van der Waals surface area contributed by atoms with E-state index < -0.39 is 21.7 Å². The molecule has 8 heteroatoms. The second kappa shape index (κ2) is 9.78. The predicted octanol–water partition coefficient (Wildman–Crippen LogP) is 3.13. The Morgan fingerprint density at radius 3 is 2.53 bits per heavy atom. The van der Waals surface area contributed by atoms with Gasteiger partial charge in [0.05, 0.1) is 0 Å². The molecule has 7 nitrogen and oxygen atoms in total. The van der Waals surface area contributed by atoms with Crippen LogP contribution in [0, 0.1) is 18.3 Å². The molecule has 1 atom stereocenters. The van der Waals surface area contributed by atoms with Gasteiger partial charge in [-0.15, -0.1) is 0 Å². The van der Waals surface area contributed by atoms with Crippen LogP contribution in [-0.2, 0) is 11.2 Å². The fourth-order valence-electron chi connectivity index (χ4n) is 3.56. The van der Waals surface area contributed by atoms with E-state index in [0.29, 0.717) is 21.2 Å². The number of anilines is 1. The summed E-state index contributed by atoms with van der Waals surface area (Å²) >= 11 is -1.50. The van der Waals surface area contributed by atoms with E-state index in [9.17, 15) is 19.5 Å². The van der Waals surface area contributed by atoms with E-state index in [4.69, 9.17) is 5.26 Å². The first-order valence-corrected chi connectivity index (χ1v) is 12.5. The summed E-state index contributed by atoms with van der Waals surface area (Å²) in [6, 6.07) is 21.1. The van der Waals surface area contributed by atoms with Crippen molar-refractivity contribution in [3.05, 3.63) is 94.7 Å². The van der Waals surface area contributed by atoms with E-state index >= 15 is 0 Å². The molecule has 0 aliphatic heterocycles. The Bertz CT molecular complexity index is 1470. The maximum absolute atomic E-state index is 13.0. The number of aromatic carboxylic acids is 1. The molecule has 0 aliphatic carbocycles. The summed E-state index contributed by atoms with van der Waals surface area (Å²) in [4.78, 5) is 40.3.